The monoisotopic (exact) mass is 578 g/mol. The molecule has 0 aliphatic carbocycles. The van der Waals surface area contributed by atoms with Gasteiger partial charge in [0.1, 0.15) is 5.25 Å². The first-order valence-corrected chi connectivity index (χ1v) is 14.9. The molecule has 1 aromatic heterocycles. The number of aromatic nitrogens is 2. The van der Waals surface area contributed by atoms with Crippen LogP contribution < -0.4 is 5.43 Å². The Hall–Kier alpha value is -2.43. The molecule has 3 aromatic rings. The van der Waals surface area contributed by atoms with E-state index < -0.39 is 15.4 Å². The van der Waals surface area contributed by atoms with Gasteiger partial charge < -0.3 is 0 Å². The number of rotatable bonds is 8. The van der Waals surface area contributed by atoms with Crippen molar-refractivity contribution in [1.82, 2.24) is 20.2 Å². The topological polar surface area (TPSA) is 105 Å². The Morgan fingerprint density at radius 2 is 1.74 bits per heavy atom. The zero-order valence-corrected chi connectivity index (χ0v) is 23.9. The SMILES string of the molecule is Cc1c(C(=O)NN2CCCCC2)nn(-c2ccc(Cl)cc2Cl)c1-c1ccc(C(CC(C)C)S(=O)(=O)O)cc1. The number of halogens is 2. The molecular weight excluding hydrogens is 547 g/mol. The number of hydrazine groups is 1. The number of nitrogens with zero attached hydrogens (tertiary/aromatic N) is 3. The van der Waals surface area contributed by atoms with E-state index in [1.165, 1.54) is 0 Å². The van der Waals surface area contributed by atoms with Crippen molar-refractivity contribution < 1.29 is 17.8 Å². The van der Waals surface area contributed by atoms with Crippen molar-refractivity contribution in [2.24, 2.45) is 5.92 Å². The molecule has 1 saturated heterocycles. The summed E-state index contributed by atoms with van der Waals surface area (Å²) in [6.07, 6.45) is 3.47. The molecule has 11 heteroatoms. The number of benzene rings is 2. The molecule has 38 heavy (non-hydrogen) atoms. The summed E-state index contributed by atoms with van der Waals surface area (Å²) in [4.78, 5) is 13.3. The lowest BCUT2D eigenvalue weighted by Gasteiger charge is -2.26. The van der Waals surface area contributed by atoms with Crippen LogP contribution in [0.5, 0.6) is 0 Å². The molecule has 2 N–H and O–H groups in total. The van der Waals surface area contributed by atoms with Gasteiger partial charge in [0.05, 0.1) is 16.4 Å². The van der Waals surface area contributed by atoms with Gasteiger partial charge in [-0.3, -0.25) is 14.8 Å². The minimum atomic E-state index is -4.29. The van der Waals surface area contributed by atoms with E-state index >= 15 is 0 Å². The second kappa shape index (κ2) is 11.8. The number of nitrogens with one attached hydrogen (secondary N) is 1. The molecule has 1 aliphatic heterocycles. The summed E-state index contributed by atoms with van der Waals surface area (Å²) in [5.41, 5.74) is 6.26. The molecule has 8 nitrogen and oxygen atoms in total. The smallest absolute Gasteiger partial charge is 0.285 e. The molecule has 0 spiro atoms. The third-order valence-electron chi connectivity index (χ3n) is 6.69. The van der Waals surface area contributed by atoms with Gasteiger partial charge in [-0.1, -0.05) is 67.7 Å². The van der Waals surface area contributed by atoms with Crippen LogP contribution in [-0.4, -0.2) is 46.8 Å². The maximum Gasteiger partial charge on any atom is 0.286 e. The van der Waals surface area contributed by atoms with Crippen LogP contribution in [0, 0.1) is 12.8 Å². The minimum Gasteiger partial charge on any atom is -0.285 e. The fraction of sp³-hybridized carbons (Fsp3) is 0.407. The van der Waals surface area contributed by atoms with Gasteiger partial charge in [0, 0.05) is 29.2 Å². The highest BCUT2D eigenvalue weighted by Gasteiger charge is 2.28. The Labute approximate surface area is 233 Å². The van der Waals surface area contributed by atoms with Crippen LogP contribution in [0.2, 0.25) is 10.0 Å². The third kappa shape index (κ3) is 6.40. The van der Waals surface area contributed by atoms with Crippen molar-refractivity contribution in [3.63, 3.8) is 0 Å². The fourth-order valence-corrected chi connectivity index (χ4v) is 6.41. The normalized spacial score (nSPS) is 15.6. The van der Waals surface area contributed by atoms with Crippen molar-refractivity contribution in [2.75, 3.05) is 13.1 Å². The summed E-state index contributed by atoms with van der Waals surface area (Å²) in [6.45, 7) is 7.20. The highest BCUT2D eigenvalue weighted by molar-refractivity contribution is 7.86. The first kappa shape index (κ1) is 28.6. The van der Waals surface area contributed by atoms with Crippen molar-refractivity contribution in [2.45, 2.75) is 51.7 Å². The zero-order chi connectivity index (χ0) is 27.6. The molecule has 0 saturated carbocycles. The quantitative estimate of drug-likeness (QED) is 0.305. The Balaban J connectivity index is 1.78. The first-order valence-electron chi connectivity index (χ1n) is 12.6. The van der Waals surface area contributed by atoms with E-state index in [4.69, 9.17) is 23.2 Å². The number of amides is 1. The van der Waals surface area contributed by atoms with Gasteiger partial charge in [0.2, 0.25) is 0 Å². The van der Waals surface area contributed by atoms with Gasteiger partial charge in [-0.15, -0.1) is 0 Å². The Kier molecular flexibility index (Phi) is 8.84. The van der Waals surface area contributed by atoms with Gasteiger partial charge in [0.25, 0.3) is 16.0 Å². The zero-order valence-electron chi connectivity index (χ0n) is 21.6. The van der Waals surface area contributed by atoms with E-state index in [2.05, 4.69) is 10.5 Å². The van der Waals surface area contributed by atoms with Crippen LogP contribution in [-0.2, 0) is 10.1 Å². The van der Waals surface area contributed by atoms with E-state index in [1.807, 2.05) is 25.8 Å². The molecule has 1 amide bonds. The molecule has 0 radical (unpaired) electrons. The van der Waals surface area contributed by atoms with Crippen molar-refractivity contribution in [3.8, 4) is 16.9 Å². The second-order valence-corrected chi connectivity index (χ2v) is 12.5. The van der Waals surface area contributed by atoms with Gasteiger partial charge in [-0.2, -0.15) is 13.5 Å². The van der Waals surface area contributed by atoms with Gasteiger partial charge in [0.15, 0.2) is 5.69 Å². The number of piperidine rings is 1. The summed E-state index contributed by atoms with van der Waals surface area (Å²) in [5.74, 6) is -0.243. The van der Waals surface area contributed by atoms with Gasteiger partial charge >= 0.3 is 0 Å². The molecular formula is C27H32Cl2N4O4S. The molecule has 204 valence electrons. The van der Waals surface area contributed by atoms with Crippen LogP contribution in [0.25, 0.3) is 16.9 Å². The van der Waals surface area contributed by atoms with E-state index in [1.54, 1.807) is 47.1 Å². The average Bonchev–Trinajstić information content (AvgIpc) is 3.19. The largest absolute Gasteiger partial charge is 0.286 e. The Morgan fingerprint density at radius 3 is 2.32 bits per heavy atom. The molecule has 4 rings (SSSR count). The summed E-state index contributed by atoms with van der Waals surface area (Å²) in [5, 5.41) is 6.38. The van der Waals surface area contributed by atoms with Crippen molar-refractivity contribution in [1.29, 1.82) is 0 Å². The van der Waals surface area contributed by atoms with Crippen molar-refractivity contribution >= 4 is 39.2 Å². The Bertz CT molecular complexity index is 1420. The predicted octanol–water partition coefficient (Wildman–Crippen LogP) is 6.26. The highest BCUT2D eigenvalue weighted by Crippen LogP contribution is 2.35. The highest BCUT2D eigenvalue weighted by atomic mass is 35.5. The molecule has 2 heterocycles. The summed E-state index contributed by atoms with van der Waals surface area (Å²) in [6, 6.07) is 11.9. The van der Waals surface area contributed by atoms with E-state index in [-0.39, 0.29) is 23.9 Å². The summed E-state index contributed by atoms with van der Waals surface area (Å²) >= 11 is 12.7. The molecule has 1 unspecified atom stereocenters. The standard InChI is InChI=1S/C27H32Cl2N4O4S/c1-17(2)15-24(38(35,36)37)19-7-9-20(10-8-19)26-18(3)25(27(34)31-32-13-5-4-6-14-32)30-33(26)23-12-11-21(28)16-22(23)29/h7-12,16-17,24H,4-6,13-15H2,1-3H3,(H,31,34)(H,35,36,37). The predicted molar refractivity (Wildman–Crippen MR) is 150 cm³/mol. The molecule has 1 aliphatic rings. The maximum atomic E-state index is 13.3. The lowest BCUT2D eigenvalue weighted by Crippen LogP contribution is -2.45. The number of carbonyl (C=O) groups is 1. The first-order chi connectivity index (χ1) is 18.0. The third-order valence-corrected chi connectivity index (χ3v) is 8.41. The van der Waals surface area contributed by atoms with Crippen LogP contribution >= 0.6 is 23.2 Å². The average molecular weight is 580 g/mol. The van der Waals surface area contributed by atoms with Crippen molar-refractivity contribution in [3.05, 3.63) is 69.3 Å². The number of hydrogen-bond acceptors (Lipinski definition) is 5. The van der Waals surface area contributed by atoms with Gasteiger partial charge in [-0.05, 0) is 55.9 Å². The fourth-order valence-electron chi connectivity index (χ4n) is 4.79. The van der Waals surface area contributed by atoms with Crippen LogP contribution in [0.3, 0.4) is 0 Å². The minimum absolute atomic E-state index is 0.0679. The number of hydrogen-bond donors (Lipinski definition) is 2. The lowest BCUT2D eigenvalue weighted by molar-refractivity contribution is 0.0743. The maximum absolute atomic E-state index is 13.3. The van der Waals surface area contributed by atoms with Crippen LogP contribution in [0.1, 0.15) is 66.4 Å². The molecule has 1 fully saturated rings. The van der Waals surface area contributed by atoms with Crippen LogP contribution in [0.15, 0.2) is 42.5 Å². The Morgan fingerprint density at radius 1 is 1.08 bits per heavy atom. The number of carbonyl (C=O) groups excluding carboxylic acids is 1. The second-order valence-electron chi connectivity index (χ2n) is 10.1. The molecule has 0 bridgehead atoms. The summed E-state index contributed by atoms with van der Waals surface area (Å²) < 4.78 is 35.6. The molecule has 1 atom stereocenters. The van der Waals surface area contributed by atoms with Gasteiger partial charge in [-0.25, -0.2) is 9.69 Å². The van der Waals surface area contributed by atoms with Crippen LogP contribution in [0.4, 0.5) is 0 Å². The van der Waals surface area contributed by atoms with E-state index in [0.29, 0.717) is 38.1 Å². The van der Waals surface area contributed by atoms with E-state index in [9.17, 15) is 17.8 Å². The summed E-state index contributed by atoms with van der Waals surface area (Å²) in [7, 11) is -4.29. The molecule has 2 aromatic carbocycles. The van der Waals surface area contributed by atoms with E-state index in [0.717, 1.165) is 32.4 Å². The lowest BCUT2D eigenvalue weighted by atomic mass is 9.99.